The maximum Gasteiger partial charge on any atom is 0.337 e. The minimum absolute atomic E-state index is 0.0203. The number of carboxylic acid groups (broad SMARTS) is 1. The number of benzene rings is 1. The molecule has 5 nitrogen and oxygen atoms in total. The van der Waals surface area contributed by atoms with E-state index in [9.17, 15) is 13.2 Å². The summed E-state index contributed by atoms with van der Waals surface area (Å²) in [4.78, 5) is 11.1. The van der Waals surface area contributed by atoms with Crippen molar-refractivity contribution >= 4 is 43.5 Å². The summed E-state index contributed by atoms with van der Waals surface area (Å²) in [5.74, 6) is -1.27. The molecule has 118 valence electrons. The molecule has 0 saturated heterocycles. The van der Waals surface area contributed by atoms with Crippen LogP contribution in [0.2, 0.25) is 5.02 Å². The van der Waals surface area contributed by atoms with Gasteiger partial charge in [-0.3, -0.25) is 0 Å². The number of rotatable bonds is 6. The van der Waals surface area contributed by atoms with Crippen LogP contribution in [0.25, 0.3) is 0 Å². The van der Waals surface area contributed by atoms with Crippen molar-refractivity contribution in [3.63, 3.8) is 0 Å². The Morgan fingerprint density at radius 3 is 2.43 bits per heavy atom. The van der Waals surface area contributed by atoms with Gasteiger partial charge in [-0.05, 0) is 41.4 Å². The number of hydrogen-bond donors (Lipinski definition) is 1. The van der Waals surface area contributed by atoms with Crippen LogP contribution >= 0.6 is 27.5 Å². The molecule has 0 bridgehead atoms. The molecule has 0 radical (unpaired) electrons. The lowest BCUT2D eigenvalue weighted by Gasteiger charge is -2.26. The van der Waals surface area contributed by atoms with Gasteiger partial charge in [0.15, 0.2) is 0 Å². The molecular weight excluding hydrogens is 382 g/mol. The Morgan fingerprint density at radius 2 is 2.00 bits per heavy atom. The van der Waals surface area contributed by atoms with E-state index in [4.69, 9.17) is 16.7 Å². The second kappa shape index (κ2) is 7.09. The number of carboxylic acids is 1. The van der Waals surface area contributed by atoms with E-state index in [-0.39, 0.29) is 26.0 Å². The lowest BCUT2D eigenvalue weighted by atomic mass is 10.2. The molecule has 21 heavy (non-hydrogen) atoms. The highest BCUT2D eigenvalue weighted by atomic mass is 79.9. The van der Waals surface area contributed by atoms with Gasteiger partial charge >= 0.3 is 5.97 Å². The Balaban J connectivity index is 3.48. The molecule has 0 aliphatic heterocycles. The van der Waals surface area contributed by atoms with Crippen LogP contribution in [-0.2, 0) is 10.0 Å². The topological polar surface area (TPSA) is 74.7 Å². The normalized spacial score (nSPS) is 13.4. The molecule has 0 spiro atoms. The first-order valence-corrected chi connectivity index (χ1v) is 9.02. The van der Waals surface area contributed by atoms with E-state index in [0.717, 1.165) is 6.07 Å². The molecule has 0 fully saturated rings. The van der Waals surface area contributed by atoms with Gasteiger partial charge in [-0.15, -0.1) is 0 Å². The molecular formula is C13H17BrClNO4S. The van der Waals surface area contributed by atoms with E-state index in [1.807, 2.05) is 13.8 Å². The molecule has 1 atom stereocenters. The van der Waals surface area contributed by atoms with Crippen LogP contribution in [0.15, 0.2) is 21.5 Å². The van der Waals surface area contributed by atoms with Gasteiger partial charge in [-0.1, -0.05) is 25.4 Å². The van der Waals surface area contributed by atoms with Crippen molar-refractivity contribution in [2.24, 2.45) is 0 Å². The maximum atomic E-state index is 12.7. The van der Waals surface area contributed by atoms with Crippen molar-refractivity contribution in [3.8, 4) is 0 Å². The van der Waals surface area contributed by atoms with Crippen molar-refractivity contribution in [2.45, 2.75) is 38.1 Å². The fraction of sp³-hybridized carbons (Fsp3) is 0.462. The molecule has 0 aliphatic carbocycles. The average molecular weight is 399 g/mol. The zero-order valence-electron chi connectivity index (χ0n) is 11.9. The van der Waals surface area contributed by atoms with Crippen molar-refractivity contribution in [1.82, 2.24) is 4.31 Å². The van der Waals surface area contributed by atoms with Gasteiger partial charge in [0.05, 0.1) is 15.5 Å². The number of hydrogen-bond acceptors (Lipinski definition) is 3. The van der Waals surface area contributed by atoms with E-state index in [0.29, 0.717) is 13.0 Å². The van der Waals surface area contributed by atoms with Crippen LogP contribution in [0, 0.1) is 0 Å². The van der Waals surface area contributed by atoms with Crippen molar-refractivity contribution < 1.29 is 18.3 Å². The lowest BCUT2D eigenvalue weighted by molar-refractivity contribution is 0.0696. The Labute approximate surface area is 138 Å². The first-order chi connectivity index (χ1) is 9.66. The van der Waals surface area contributed by atoms with E-state index in [2.05, 4.69) is 15.9 Å². The monoisotopic (exact) mass is 397 g/mol. The second-order valence-electron chi connectivity index (χ2n) is 4.54. The summed E-state index contributed by atoms with van der Waals surface area (Å²) in [6, 6.07) is 2.24. The van der Waals surface area contributed by atoms with Crippen LogP contribution in [0.4, 0.5) is 0 Å². The summed E-state index contributed by atoms with van der Waals surface area (Å²) >= 11 is 8.98. The smallest absolute Gasteiger partial charge is 0.337 e. The third-order valence-corrected chi connectivity index (χ3v) is 6.56. The molecule has 1 rings (SSSR count). The quantitative estimate of drug-likeness (QED) is 0.794. The lowest BCUT2D eigenvalue weighted by Crippen LogP contribution is -2.38. The van der Waals surface area contributed by atoms with Gasteiger partial charge in [0.1, 0.15) is 0 Å². The van der Waals surface area contributed by atoms with Crippen molar-refractivity contribution in [3.05, 3.63) is 27.2 Å². The molecule has 0 aliphatic rings. The van der Waals surface area contributed by atoms with Crippen LogP contribution in [0.3, 0.4) is 0 Å². The molecule has 1 unspecified atom stereocenters. The van der Waals surface area contributed by atoms with E-state index in [1.165, 1.54) is 10.4 Å². The molecule has 0 amide bonds. The largest absolute Gasteiger partial charge is 0.478 e. The van der Waals surface area contributed by atoms with Crippen LogP contribution < -0.4 is 0 Å². The highest BCUT2D eigenvalue weighted by molar-refractivity contribution is 9.10. The fourth-order valence-corrected chi connectivity index (χ4v) is 4.50. The third kappa shape index (κ3) is 3.77. The average Bonchev–Trinajstić information content (AvgIpc) is 2.41. The van der Waals surface area contributed by atoms with Gasteiger partial charge in [0, 0.05) is 17.1 Å². The molecule has 0 saturated carbocycles. The van der Waals surface area contributed by atoms with E-state index >= 15 is 0 Å². The molecule has 1 N–H and O–H groups in total. The second-order valence-corrected chi connectivity index (χ2v) is 7.66. The Hall–Kier alpha value is -0.630. The van der Waals surface area contributed by atoms with Crippen molar-refractivity contribution in [2.75, 3.05) is 6.54 Å². The predicted octanol–water partition coefficient (Wildman–Crippen LogP) is 3.61. The molecule has 1 aromatic rings. The molecule has 0 aromatic heterocycles. The minimum Gasteiger partial charge on any atom is -0.478 e. The van der Waals surface area contributed by atoms with Gasteiger partial charge in [-0.2, -0.15) is 4.31 Å². The van der Waals surface area contributed by atoms with Crippen LogP contribution in [0.5, 0.6) is 0 Å². The van der Waals surface area contributed by atoms with Crippen molar-refractivity contribution in [1.29, 1.82) is 0 Å². The Morgan fingerprint density at radius 1 is 1.43 bits per heavy atom. The van der Waals surface area contributed by atoms with Crippen LogP contribution in [-0.4, -0.2) is 36.4 Å². The molecule has 8 heteroatoms. The molecule has 0 heterocycles. The summed E-state index contributed by atoms with van der Waals surface area (Å²) in [6.07, 6.45) is 0.660. The number of halogens is 2. The predicted molar refractivity (Wildman–Crippen MR) is 85.4 cm³/mol. The highest BCUT2D eigenvalue weighted by Gasteiger charge is 2.29. The minimum atomic E-state index is -3.78. The van der Waals surface area contributed by atoms with E-state index < -0.39 is 16.0 Å². The number of nitrogens with zero attached hydrogens (tertiary/aromatic N) is 1. The highest BCUT2D eigenvalue weighted by Crippen LogP contribution is 2.31. The number of sulfonamides is 1. The number of carbonyl (C=O) groups is 1. The summed E-state index contributed by atoms with van der Waals surface area (Å²) in [6.45, 7) is 5.75. The zero-order chi connectivity index (χ0) is 16.4. The third-order valence-electron chi connectivity index (χ3n) is 3.23. The summed E-state index contributed by atoms with van der Waals surface area (Å²) in [5.41, 5.74) is -0.246. The first kappa shape index (κ1) is 18.4. The van der Waals surface area contributed by atoms with Gasteiger partial charge in [0.2, 0.25) is 10.0 Å². The number of aromatic carboxylic acids is 1. The van der Waals surface area contributed by atoms with Gasteiger partial charge < -0.3 is 5.11 Å². The van der Waals surface area contributed by atoms with Gasteiger partial charge in [-0.25, -0.2) is 13.2 Å². The first-order valence-electron chi connectivity index (χ1n) is 6.40. The summed E-state index contributed by atoms with van der Waals surface area (Å²) in [5, 5.41) is 9.10. The maximum absolute atomic E-state index is 12.7. The summed E-state index contributed by atoms with van der Waals surface area (Å²) in [7, 11) is -3.78. The SMILES string of the molecule is CCC(C)N(CC)S(=O)(=O)c1cc(Br)c(Cl)c(C(=O)O)c1. The van der Waals surface area contributed by atoms with E-state index in [1.54, 1.807) is 6.92 Å². The van der Waals surface area contributed by atoms with Crippen LogP contribution in [0.1, 0.15) is 37.6 Å². The standard InChI is InChI=1S/C13H17BrClNO4S/c1-4-8(3)16(5-2)21(19,20)9-6-10(13(17)18)12(15)11(14)7-9/h6-8H,4-5H2,1-3H3,(H,17,18). The summed E-state index contributed by atoms with van der Waals surface area (Å²) < 4.78 is 26.9. The Bertz CT molecular complexity index is 648. The van der Waals surface area contributed by atoms with Gasteiger partial charge in [0.25, 0.3) is 0 Å². The zero-order valence-corrected chi connectivity index (χ0v) is 15.1. The molecule has 1 aromatic carbocycles. The fourth-order valence-electron chi connectivity index (χ4n) is 1.93. The Kier molecular flexibility index (Phi) is 6.22.